The van der Waals surface area contributed by atoms with E-state index in [2.05, 4.69) is 6.07 Å². The van der Waals surface area contributed by atoms with Crippen molar-refractivity contribution in [3.63, 3.8) is 0 Å². The molecule has 0 saturated heterocycles. The second kappa shape index (κ2) is 4.90. The zero-order chi connectivity index (χ0) is 12.5. The quantitative estimate of drug-likeness (QED) is 0.768. The molecular formula is C15H14OS2. The molecule has 0 unspecified atom stereocenters. The highest BCUT2D eigenvalue weighted by atomic mass is 32.2. The molecule has 1 aliphatic rings. The number of hydrogen-bond donors (Lipinski definition) is 0. The van der Waals surface area contributed by atoms with Crippen molar-refractivity contribution in [1.82, 2.24) is 0 Å². The molecule has 1 aliphatic heterocycles. The Bertz CT molecular complexity index is 575. The highest BCUT2D eigenvalue weighted by molar-refractivity contribution is 7.98. The van der Waals surface area contributed by atoms with E-state index in [0.29, 0.717) is 0 Å². The molecule has 0 radical (unpaired) electrons. The van der Waals surface area contributed by atoms with Gasteiger partial charge in [0, 0.05) is 16.2 Å². The van der Waals surface area contributed by atoms with Crippen LogP contribution in [0.5, 0.6) is 0 Å². The van der Waals surface area contributed by atoms with E-state index in [9.17, 15) is 4.79 Å². The first-order valence-electron chi connectivity index (χ1n) is 6.05. The predicted molar refractivity (Wildman–Crippen MR) is 78.8 cm³/mol. The molecule has 0 N–H and O–H groups in total. The van der Waals surface area contributed by atoms with Gasteiger partial charge in [0.1, 0.15) is 0 Å². The molecule has 0 amide bonds. The lowest BCUT2D eigenvalue weighted by atomic mass is 10.0. The molecule has 1 aromatic heterocycles. The van der Waals surface area contributed by atoms with Crippen LogP contribution >= 0.6 is 23.1 Å². The van der Waals surface area contributed by atoms with Crippen molar-refractivity contribution in [2.24, 2.45) is 0 Å². The summed E-state index contributed by atoms with van der Waals surface area (Å²) in [6, 6.07) is 9.93. The average molecular weight is 274 g/mol. The molecule has 0 atom stereocenters. The Kier molecular flexibility index (Phi) is 3.27. The van der Waals surface area contributed by atoms with Crippen LogP contribution in [0.25, 0.3) is 0 Å². The summed E-state index contributed by atoms with van der Waals surface area (Å²) in [7, 11) is 0. The molecule has 0 bridgehead atoms. The minimum Gasteiger partial charge on any atom is -0.288 e. The maximum Gasteiger partial charge on any atom is 0.203 e. The Morgan fingerprint density at radius 3 is 2.89 bits per heavy atom. The summed E-state index contributed by atoms with van der Waals surface area (Å²) in [6.07, 6.45) is 1.12. The largest absolute Gasteiger partial charge is 0.288 e. The number of aryl methyl sites for hydroxylation is 2. The zero-order valence-electron chi connectivity index (χ0n) is 10.2. The maximum atomic E-state index is 12.5. The van der Waals surface area contributed by atoms with E-state index in [1.165, 1.54) is 16.2 Å². The Morgan fingerprint density at radius 2 is 2.11 bits per heavy atom. The molecule has 92 valence electrons. The van der Waals surface area contributed by atoms with Crippen LogP contribution in [0, 0.1) is 6.92 Å². The summed E-state index contributed by atoms with van der Waals surface area (Å²) in [5.41, 5.74) is 3.26. The third-order valence-electron chi connectivity index (χ3n) is 3.24. The monoisotopic (exact) mass is 274 g/mol. The minimum atomic E-state index is 0.178. The number of fused-ring (bicyclic) bond motifs is 1. The lowest BCUT2D eigenvalue weighted by Crippen LogP contribution is -2.00. The summed E-state index contributed by atoms with van der Waals surface area (Å²) < 4.78 is 0. The normalized spacial score (nSPS) is 14.3. The molecule has 0 fully saturated rings. The van der Waals surface area contributed by atoms with Crippen molar-refractivity contribution in [3.8, 4) is 0 Å². The van der Waals surface area contributed by atoms with Crippen molar-refractivity contribution in [3.05, 3.63) is 56.8 Å². The maximum absolute atomic E-state index is 12.5. The van der Waals surface area contributed by atoms with Crippen LogP contribution in [0.1, 0.15) is 31.2 Å². The standard InChI is InChI=1S/C15H14OS2/c1-10-4-2-3-5-12(10)15(16)14-8-11-9-17-7-6-13(11)18-14/h2-5,8H,6-7,9H2,1H3. The molecule has 2 aromatic rings. The smallest absolute Gasteiger partial charge is 0.203 e. The number of carbonyl (C=O) groups is 1. The van der Waals surface area contributed by atoms with Gasteiger partial charge in [0.2, 0.25) is 5.78 Å². The number of carbonyl (C=O) groups excluding carboxylic acids is 1. The lowest BCUT2D eigenvalue weighted by Gasteiger charge is -2.08. The van der Waals surface area contributed by atoms with Crippen LogP contribution in [-0.2, 0) is 12.2 Å². The van der Waals surface area contributed by atoms with Gasteiger partial charge in [-0.25, -0.2) is 0 Å². The molecule has 0 spiro atoms. The molecule has 2 heterocycles. The second-order valence-corrected chi connectivity index (χ2v) is 6.75. The zero-order valence-corrected chi connectivity index (χ0v) is 11.9. The SMILES string of the molecule is Cc1ccccc1C(=O)c1cc2c(s1)CCSC2. The summed E-state index contributed by atoms with van der Waals surface area (Å²) in [5.74, 6) is 2.43. The number of rotatable bonds is 2. The number of thioether (sulfide) groups is 1. The van der Waals surface area contributed by atoms with Crippen LogP contribution in [-0.4, -0.2) is 11.5 Å². The van der Waals surface area contributed by atoms with Gasteiger partial charge >= 0.3 is 0 Å². The van der Waals surface area contributed by atoms with Gasteiger partial charge in [-0.3, -0.25) is 4.79 Å². The van der Waals surface area contributed by atoms with Gasteiger partial charge in [-0.15, -0.1) is 11.3 Å². The van der Waals surface area contributed by atoms with Crippen LogP contribution in [0.2, 0.25) is 0 Å². The van der Waals surface area contributed by atoms with Crippen molar-refractivity contribution in [2.45, 2.75) is 19.1 Å². The van der Waals surface area contributed by atoms with Crippen LogP contribution < -0.4 is 0 Å². The topological polar surface area (TPSA) is 17.1 Å². The number of hydrogen-bond acceptors (Lipinski definition) is 3. The van der Waals surface area contributed by atoms with Gasteiger partial charge in [-0.2, -0.15) is 11.8 Å². The first-order chi connectivity index (χ1) is 8.75. The fourth-order valence-electron chi connectivity index (χ4n) is 2.22. The third-order valence-corrected chi connectivity index (χ3v) is 5.48. The van der Waals surface area contributed by atoms with E-state index in [0.717, 1.165) is 28.2 Å². The molecule has 1 nitrogen and oxygen atoms in total. The van der Waals surface area contributed by atoms with Crippen molar-refractivity contribution < 1.29 is 4.79 Å². The van der Waals surface area contributed by atoms with Crippen molar-refractivity contribution >= 4 is 28.9 Å². The minimum absolute atomic E-state index is 0.178. The Balaban J connectivity index is 1.98. The van der Waals surface area contributed by atoms with E-state index < -0.39 is 0 Å². The van der Waals surface area contributed by atoms with Gasteiger partial charge in [-0.1, -0.05) is 24.3 Å². The summed E-state index contributed by atoms with van der Waals surface area (Å²) >= 11 is 3.64. The van der Waals surface area contributed by atoms with Gasteiger partial charge in [0.15, 0.2) is 0 Å². The van der Waals surface area contributed by atoms with E-state index >= 15 is 0 Å². The average Bonchev–Trinajstić information content (AvgIpc) is 2.82. The van der Waals surface area contributed by atoms with E-state index in [4.69, 9.17) is 0 Å². The summed E-state index contributed by atoms with van der Waals surface area (Å²) in [4.78, 5) is 14.8. The highest BCUT2D eigenvalue weighted by Gasteiger charge is 2.19. The first kappa shape index (κ1) is 12.0. The Morgan fingerprint density at radius 1 is 1.28 bits per heavy atom. The molecule has 18 heavy (non-hydrogen) atoms. The molecule has 3 rings (SSSR count). The molecule has 0 aliphatic carbocycles. The number of benzene rings is 1. The second-order valence-electron chi connectivity index (χ2n) is 4.51. The Labute approximate surface area is 115 Å². The van der Waals surface area contributed by atoms with Crippen LogP contribution in [0.4, 0.5) is 0 Å². The molecule has 3 heteroatoms. The van der Waals surface area contributed by atoms with Crippen molar-refractivity contribution in [2.75, 3.05) is 5.75 Å². The van der Waals surface area contributed by atoms with Gasteiger partial charge in [0.25, 0.3) is 0 Å². The third kappa shape index (κ3) is 2.13. The van der Waals surface area contributed by atoms with Crippen LogP contribution in [0.15, 0.2) is 30.3 Å². The van der Waals surface area contributed by atoms with Gasteiger partial charge < -0.3 is 0 Å². The van der Waals surface area contributed by atoms with Crippen LogP contribution in [0.3, 0.4) is 0 Å². The van der Waals surface area contributed by atoms with E-state index in [1.54, 1.807) is 11.3 Å². The predicted octanol–water partition coefficient (Wildman–Crippen LogP) is 4.08. The summed E-state index contributed by atoms with van der Waals surface area (Å²) in [5, 5.41) is 0. The number of thiophene rings is 1. The molecule has 1 aromatic carbocycles. The fourth-order valence-corrected chi connectivity index (χ4v) is 4.55. The van der Waals surface area contributed by atoms with E-state index in [-0.39, 0.29) is 5.78 Å². The van der Waals surface area contributed by atoms with Crippen molar-refractivity contribution in [1.29, 1.82) is 0 Å². The number of ketones is 1. The Hall–Kier alpha value is -1.06. The van der Waals surface area contributed by atoms with Gasteiger partial charge in [0.05, 0.1) is 4.88 Å². The first-order valence-corrected chi connectivity index (χ1v) is 8.02. The lowest BCUT2D eigenvalue weighted by molar-refractivity contribution is 0.104. The highest BCUT2D eigenvalue weighted by Crippen LogP contribution is 2.33. The molecular weight excluding hydrogens is 260 g/mol. The fraction of sp³-hybridized carbons (Fsp3) is 0.267. The summed E-state index contributed by atoms with van der Waals surface area (Å²) in [6.45, 7) is 2.00. The van der Waals surface area contributed by atoms with Gasteiger partial charge in [-0.05, 0) is 36.3 Å². The van der Waals surface area contributed by atoms with E-state index in [1.807, 2.05) is 43.0 Å². The molecule has 0 saturated carbocycles.